The van der Waals surface area contributed by atoms with E-state index in [0.29, 0.717) is 0 Å². The van der Waals surface area contributed by atoms with Gasteiger partial charge in [0.15, 0.2) is 0 Å². The molecule has 1 aromatic heterocycles. The Balaban J connectivity index is 1.85. The number of nitrogens with one attached hydrogen (secondary N) is 2. The van der Waals surface area contributed by atoms with E-state index < -0.39 is 0 Å². The lowest BCUT2D eigenvalue weighted by molar-refractivity contribution is -0.121. The van der Waals surface area contributed by atoms with Gasteiger partial charge in [0.2, 0.25) is 11.8 Å². The predicted octanol–water partition coefficient (Wildman–Crippen LogP) is 2.47. The van der Waals surface area contributed by atoms with Gasteiger partial charge < -0.3 is 10.6 Å². The van der Waals surface area contributed by atoms with Gasteiger partial charge in [-0.3, -0.25) is 14.6 Å². The van der Waals surface area contributed by atoms with Gasteiger partial charge in [-0.05, 0) is 42.7 Å². The Kier molecular flexibility index (Phi) is 5.63. The monoisotopic (exact) mass is 309 g/mol. The quantitative estimate of drug-likeness (QED) is 0.834. The van der Waals surface area contributed by atoms with Crippen LogP contribution in [0.25, 0.3) is 6.08 Å². The number of pyridine rings is 1. The Morgan fingerprint density at radius 1 is 1.13 bits per heavy atom. The maximum absolute atomic E-state index is 11.9. The molecular weight excluding hydrogens is 290 g/mol. The number of rotatable bonds is 5. The Labute approximate surface area is 135 Å². The third kappa shape index (κ3) is 5.07. The van der Waals surface area contributed by atoms with Gasteiger partial charge in [0, 0.05) is 24.2 Å². The summed E-state index contributed by atoms with van der Waals surface area (Å²) in [6.07, 6.45) is 6.34. The highest BCUT2D eigenvalue weighted by atomic mass is 16.2. The van der Waals surface area contributed by atoms with Gasteiger partial charge in [-0.2, -0.15) is 0 Å². The van der Waals surface area contributed by atoms with Crippen LogP contribution in [0.4, 0.5) is 5.69 Å². The number of nitrogens with zero attached hydrogens (tertiary/aromatic N) is 1. The summed E-state index contributed by atoms with van der Waals surface area (Å²) in [6, 6.07) is 9.42. The molecule has 5 heteroatoms. The van der Waals surface area contributed by atoms with Crippen LogP contribution in [0.15, 0.2) is 48.8 Å². The Morgan fingerprint density at radius 3 is 2.52 bits per heavy atom. The summed E-state index contributed by atoms with van der Waals surface area (Å²) < 4.78 is 0. The molecule has 0 aliphatic heterocycles. The molecule has 118 valence electrons. The zero-order chi connectivity index (χ0) is 16.7. The van der Waals surface area contributed by atoms with E-state index >= 15 is 0 Å². The zero-order valence-corrected chi connectivity index (χ0v) is 13.2. The molecule has 2 amide bonds. The van der Waals surface area contributed by atoms with Crippen LogP contribution < -0.4 is 10.6 Å². The molecule has 2 aromatic rings. The standard InChI is InChI=1S/C18H19N3O2/c1-13-5-3-6-14(2)18(13)21-17(23)12-20-16(22)9-8-15-7-4-10-19-11-15/h3-11H,12H2,1-2H3,(H,20,22)(H,21,23)/b9-8+. The molecule has 0 aliphatic carbocycles. The molecule has 0 saturated heterocycles. The molecule has 0 atom stereocenters. The topological polar surface area (TPSA) is 71.1 Å². The van der Waals surface area contributed by atoms with Gasteiger partial charge >= 0.3 is 0 Å². The van der Waals surface area contributed by atoms with Crippen molar-refractivity contribution < 1.29 is 9.59 Å². The maximum atomic E-state index is 11.9. The minimum atomic E-state index is -0.328. The van der Waals surface area contributed by atoms with Gasteiger partial charge in [0.1, 0.15) is 0 Å². The molecule has 1 heterocycles. The molecule has 0 aliphatic rings. The number of aromatic nitrogens is 1. The second-order valence-electron chi connectivity index (χ2n) is 5.15. The van der Waals surface area contributed by atoms with Crippen LogP contribution in [0.2, 0.25) is 0 Å². The molecule has 0 saturated carbocycles. The molecule has 0 spiro atoms. The fourth-order valence-electron chi connectivity index (χ4n) is 2.07. The van der Waals surface area contributed by atoms with Crippen LogP contribution in [-0.2, 0) is 9.59 Å². The number of carbonyl (C=O) groups is 2. The normalized spacial score (nSPS) is 10.5. The van der Waals surface area contributed by atoms with Crippen molar-refractivity contribution in [3.63, 3.8) is 0 Å². The predicted molar refractivity (Wildman–Crippen MR) is 90.8 cm³/mol. The SMILES string of the molecule is Cc1cccc(C)c1NC(=O)CNC(=O)/C=C/c1cccnc1. The number of para-hydroxylation sites is 1. The van der Waals surface area contributed by atoms with E-state index in [9.17, 15) is 9.59 Å². The Hall–Kier alpha value is -2.95. The minimum Gasteiger partial charge on any atom is -0.343 e. The zero-order valence-electron chi connectivity index (χ0n) is 13.2. The van der Waals surface area contributed by atoms with E-state index in [2.05, 4.69) is 15.6 Å². The summed E-state index contributed by atoms with van der Waals surface area (Å²) in [5.41, 5.74) is 3.59. The van der Waals surface area contributed by atoms with E-state index in [1.54, 1.807) is 24.5 Å². The van der Waals surface area contributed by atoms with Crippen LogP contribution in [0.3, 0.4) is 0 Å². The number of amides is 2. The van der Waals surface area contributed by atoms with Crippen LogP contribution in [0, 0.1) is 13.8 Å². The lowest BCUT2D eigenvalue weighted by Gasteiger charge is -2.11. The van der Waals surface area contributed by atoms with Gasteiger partial charge in [-0.25, -0.2) is 0 Å². The highest BCUT2D eigenvalue weighted by Crippen LogP contribution is 2.18. The third-order valence-corrected chi connectivity index (χ3v) is 3.28. The summed E-state index contributed by atoms with van der Waals surface area (Å²) in [5, 5.41) is 5.37. The first kappa shape index (κ1) is 16.4. The molecule has 0 fully saturated rings. The fraction of sp³-hybridized carbons (Fsp3) is 0.167. The Bertz CT molecular complexity index is 704. The molecule has 5 nitrogen and oxygen atoms in total. The average Bonchev–Trinajstić information content (AvgIpc) is 2.55. The lowest BCUT2D eigenvalue weighted by atomic mass is 10.1. The van der Waals surface area contributed by atoms with Crippen molar-refractivity contribution in [2.75, 3.05) is 11.9 Å². The third-order valence-electron chi connectivity index (χ3n) is 3.28. The highest BCUT2D eigenvalue weighted by molar-refractivity contribution is 5.98. The molecule has 0 bridgehead atoms. The maximum Gasteiger partial charge on any atom is 0.244 e. The first-order valence-corrected chi connectivity index (χ1v) is 7.28. The first-order valence-electron chi connectivity index (χ1n) is 7.28. The highest BCUT2D eigenvalue weighted by Gasteiger charge is 2.07. The van der Waals surface area contributed by atoms with E-state index in [4.69, 9.17) is 0 Å². The van der Waals surface area contributed by atoms with Crippen molar-refractivity contribution in [3.05, 3.63) is 65.5 Å². The van der Waals surface area contributed by atoms with E-state index in [-0.39, 0.29) is 18.4 Å². The molecule has 1 aromatic carbocycles. The van der Waals surface area contributed by atoms with Crippen LogP contribution in [0.1, 0.15) is 16.7 Å². The summed E-state index contributed by atoms with van der Waals surface area (Å²) in [6.45, 7) is 3.78. The van der Waals surface area contributed by atoms with E-state index in [1.807, 2.05) is 38.1 Å². The molecule has 23 heavy (non-hydrogen) atoms. The number of carbonyl (C=O) groups excluding carboxylic acids is 2. The van der Waals surface area contributed by atoms with Crippen LogP contribution in [-0.4, -0.2) is 23.3 Å². The molecule has 2 rings (SSSR count). The van der Waals surface area contributed by atoms with Crippen molar-refractivity contribution in [1.29, 1.82) is 0 Å². The minimum absolute atomic E-state index is 0.0794. The molecular formula is C18H19N3O2. The number of hydrogen-bond donors (Lipinski definition) is 2. The number of aryl methyl sites for hydroxylation is 2. The van der Waals surface area contributed by atoms with Gasteiger partial charge in [-0.1, -0.05) is 24.3 Å². The Morgan fingerprint density at radius 2 is 1.87 bits per heavy atom. The fourth-order valence-corrected chi connectivity index (χ4v) is 2.07. The molecule has 0 unspecified atom stereocenters. The number of hydrogen-bond acceptors (Lipinski definition) is 3. The summed E-state index contributed by atoms with van der Waals surface area (Å²) in [7, 11) is 0. The van der Waals surface area contributed by atoms with Crippen molar-refractivity contribution in [2.45, 2.75) is 13.8 Å². The number of anilines is 1. The van der Waals surface area contributed by atoms with Gasteiger partial charge in [-0.15, -0.1) is 0 Å². The number of benzene rings is 1. The van der Waals surface area contributed by atoms with Crippen LogP contribution >= 0.6 is 0 Å². The van der Waals surface area contributed by atoms with Gasteiger partial charge in [0.05, 0.1) is 6.54 Å². The smallest absolute Gasteiger partial charge is 0.244 e. The van der Waals surface area contributed by atoms with Crippen molar-refractivity contribution >= 4 is 23.6 Å². The molecule has 2 N–H and O–H groups in total. The summed E-state index contributed by atoms with van der Waals surface area (Å²) in [5.74, 6) is -0.587. The summed E-state index contributed by atoms with van der Waals surface area (Å²) >= 11 is 0. The average molecular weight is 309 g/mol. The largest absolute Gasteiger partial charge is 0.343 e. The second-order valence-corrected chi connectivity index (χ2v) is 5.15. The van der Waals surface area contributed by atoms with Crippen molar-refractivity contribution in [2.24, 2.45) is 0 Å². The second kappa shape index (κ2) is 7.89. The van der Waals surface area contributed by atoms with E-state index in [0.717, 1.165) is 22.4 Å². The van der Waals surface area contributed by atoms with Crippen molar-refractivity contribution in [1.82, 2.24) is 10.3 Å². The van der Waals surface area contributed by atoms with Gasteiger partial charge in [0.25, 0.3) is 0 Å². The van der Waals surface area contributed by atoms with E-state index in [1.165, 1.54) is 6.08 Å². The van der Waals surface area contributed by atoms with Crippen LogP contribution in [0.5, 0.6) is 0 Å². The lowest BCUT2D eigenvalue weighted by Crippen LogP contribution is -2.32. The first-order chi connectivity index (χ1) is 11.1. The molecule has 0 radical (unpaired) electrons. The van der Waals surface area contributed by atoms with Crippen molar-refractivity contribution in [3.8, 4) is 0 Å². The summed E-state index contributed by atoms with van der Waals surface area (Å²) in [4.78, 5) is 27.6.